The van der Waals surface area contributed by atoms with Crippen LogP contribution in [0.3, 0.4) is 0 Å². The summed E-state index contributed by atoms with van der Waals surface area (Å²) >= 11 is 0. The van der Waals surface area contributed by atoms with Gasteiger partial charge in [-0.2, -0.15) is 5.26 Å². The van der Waals surface area contributed by atoms with E-state index in [1.54, 1.807) is 31.2 Å². The van der Waals surface area contributed by atoms with Gasteiger partial charge in [0.05, 0.1) is 23.8 Å². The van der Waals surface area contributed by atoms with E-state index in [9.17, 15) is 4.79 Å². The molecule has 0 bridgehead atoms. The van der Waals surface area contributed by atoms with E-state index < -0.39 is 6.10 Å². The molecule has 4 atom stereocenters. The van der Waals surface area contributed by atoms with Crippen molar-refractivity contribution < 1.29 is 14.3 Å². The fraction of sp³-hybridized carbons (Fsp3) is 0.619. The van der Waals surface area contributed by atoms with E-state index in [-0.39, 0.29) is 24.2 Å². The van der Waals surface area contributed by atoms with Crippen LogP contribution in [0.5, 0.6) is 5.75 Å². The number of morpholine rings is 1. The second-order valence-electron chi connectivity index (χ2n) is 7.70. The number of benzene rings is 1. The van der Waals surface area contributed by atoms with Gasteiger partial charge in [0.15, 0.2) is 6.10 Å². The Hall–Kier alpha value is -2.10. The molecule has 1 aromatic carbocycles. The van der Waals surface area contributed by atoms with Crippen LogP contribution < -0.4 is 4.74 Å². The zero-order chi connectivity index (χ0) is 19.4. The van der Waals surface area contributed by atoms with E-state index in [1.165, 1.54) is 0 Å². The van der Waals surface area contributed by atoms with Gasteiger partial charge in [-0.1, -0.05) is 0 Å². The van der Waals surface area contributed by atoms with Crippen molar-refractivity contribution in [1.29, 1.82) is 5.26 Å². The molecule has 146 valence electrons. The van der Waals surface area contributed by atoms with E-state index in [2.05, 4.69) is 24.8 Å². The summed E-state index contributed by atoms with van der Waals surface area (Å²) < 4.78 is 11.6. The molecular formula is C21H29N3O3. The third-order valence-corrected chi connectivity index (χ3v) is 5.27. The minimum atomic E-state index is -0.541. The first-order chi connectivity index (χ1) is 13.0. The number of likely N-dealkylation sites (tertiary alicyclic amines) is 1. The Morgan fingerprint density at radius 2 is 1.96 bits per heavy atom. The van der Waals surface area contributed by atoms with Crippen molar-refractivity contribution in [3.8, 4) is 11.8 Å². The molecule has 2 aliphatic heterocycles. The molecule has 0 radical (unpaired) electrons. The van der Waals surface area contributed by atoms with Crippen LogP contribution in [0.4, 0.5) is 0 Å². The van der Waals surface area contributed by atoms with Crippen LogP contribution in [0.2, 0.25) is 0 Å². The van der Waals surface area contributed by atoms with E-state index in [4.69, 9.17) is 14.7 Å². The highest BCUT2D eigenvalue weighted by atomic mass is 16.5. The van der Waals surface area contributed by atoms with Gasteiger partial charge >= 0.3 is 0 Å². The number of carbonyl (C=O) groups is 1. The Labute approximate surface area is 161 Å². The first-order valence-corrected chi connectivity index (χ1v) is 9.81. The number of ether oxygens (including phenoxy) is 2. The summed E-state index contributed by atoms with van der Waals surface area (Å²) in [6.45, 7) is 9.53. The van der Waals surface area contributed by atoms with Gasteiger partial charge in [0.1, 0.15) is 5.75 Å². The maximum Gasteiger partial charge on any atom is 0.263 e. The van der Waals surface area contributed by atoms with Crippen LogP contribution in [0, 0.1) is 11.3 Å². The number of amides is 1. The van der Waals surface area contributed by atoms with Crippen molar-refractivity contribution in [3.05, 3.63) is 29.8 Å². The van der Waals surface area contributed by atoms with E-state index in [0.717, 1.165) is 39.0 Å². The second-order valence-corrected chi connectivity index (χ2v) is 7.70. The summed E-state index contributed by atoms with van der Waals surface area (Å²) in [7, 11) is 0. The van der Waals surface area contributed by atoms with Gasteiger partial charge < -0.3 is 14.4 Å². The van der Waals surface area contributed by atoms with E-state index >= 15 is 0 Å². The van der Waals surface area contributed by atoms with Crippen LogP contribution in [-0.2, 0) is 9.53 Å². The molecule has 3 rings (SSSR count). The molecule has 2 aliphatic rings. The van der Waals surface area contributed by atoms with Gasteiger partial charge in [-0.05, 0) is 57.9 Å². The number of carbonyl (C=O) groups excluding carboxylic acids is 1. The van der Waals surface area contributed by atoms with Gasteiger partial charge in [0.25, 0.3) is 5.91 Å². The molecule has 2 fully saturated rings. The van der Waals surface area contributed by atoms with Crippen LogP contribution in [0.25, 0.3) is 0 Å². The molecule has 6 heteroatoms. The third kappa shape index (κ3) is 5.00. The quantitative estimate of drug-likeness (QED) is 0.795. The molecular weight excluding hydrogens is 342 g/mol. The fourth-order valence-electron chi connectivity index (χ4n) is 4.14. The Morgan fingerprint density at radius 1 is 1.30 bits per heavy atom. The van der Waals surface area contributed by atoms with Gasteiger partial charge in [-0.3, -0.25) is 9.69 Å². The molecule has 2 saturated heterocycles. The highest BCUT2D eigenvalue weighted by molar-refractivity contribution is 5.81. The zero-order valence-corrected chi connectivity index (χ0v) is 16.4. The lowest BCUT2D eigenvalue weighted by molar-refractivity contribution is -0.139. The average molecular weight is 371 g/mol. The Bertz CT molecular complexity index is 675. The molecule has 0 spiro atoms. The average Bonchev–Trinajstić information content (AvgIpc) is 3.08. The molecule has 4 unspecified atom stereocenters. The normalized spacial score (nSPS) is 27.2. The van der Waals surface area contributed by atoms with Gasteiger partial charge in [0.2, 0.25) is 0 Å². The fourth-order valence-corrected chi connectivity index (χ4v) is 4.14. The maximum absolute atomic E-state index is 13.0. The molecule has 27 heavy (non-hydrogen) atoms. The highest BCUT2D eigenvalue weighted by Crippen LogP contribution is 2.23. The van der Waals surface area contributed by atoms with E-state index in [0.29, 0.717) is 11.3 Å². The molecule has 6 nitrogen and oxygen atoms in total. The first-order valence-electron chi connectivity index (χ1n) is 9.81. The van der Waals surface area contributed by atoms with Crippen molar-refractivity contribution in [1.82, 2.24) is 9.80 Å². The number of hydrogen-bond acceptors (Lipinski definition) is 5. The summed E-state index contributed by atoms with van der Waals surface area (Å²) in [6, 6.07) is 9.19. The predicted octanol–water partition coefficient (Wildman–Crippen LogP) is 2.43. The number of nitrogens with zero attached hydrogens (tertiary/aromatic N) is 3. The van der Waals surface area contributed by atoms with E-state index in [1.807, 2.05) is 4.90 Å². The molecule has 0 aromatic heterocycles. The Kier molecular flexibility index (Phi) is 6.35. The number of rotatable bonds is 5. The number of nitriles is 1. The molecule has 0 saturated carbocycles. The maximum atomic E-state index is 13.0. The zero-order valence-electron chi connectivity index (χ0n) is 16.4. The molecule has 0 aliphatic carbocycles. The predicted molar refractivity (Wildman–Crippen MR) is 102 cm³/mol. The molecule has 0 N–H and O–H groups in total. The van der Waals surface area contributed by atoms with Crippen molar-refractivity contribution in [3.63, 3.8) is 0 Å². The minimum Gasteiger partial charge on any atom is -0.481 e. The van der Waals surface area contributed by atoms with Crippen molar-refractivity contribution >= 4 is 5.91 Å². The Morgan fingerprint density at radius 3 is 2.59 bits per heavy atom. The largest absolute Gasteiger partial charge is 0.481 e. The standard InChI is InChI=1S/C21H29N3O3/c1-15-12-23(13-16(2)26-15)14-19-5-4-10-24(19)21(25)17(3)27-20-8-6-18(11-22)7-9-20/h6-9,15-17,19H,4-5,10,12-14H2,1-3H3. The monoisotopic (exact) mass is 371 g/mol. The minimum absolute atomic E-state index is 0.0382. The van der Waals surface area contributed by atoms with Gasteiger partial charge in [-0.15, -0.1) is 0 Å². The lowest BCUT2D eigenvalue weighted by Crippen LogP contribution is -2.52. The Balaban J connectivity index is 1.58. The van der Waals surface area contributed by atoms with Gasteiger partial charge in [0, 0.05) is 32.2 Å². The smallest absolute Gasteiger partial charge is 0.263 e. The van der Waals surface area contributed by atoms with Crippen molar-refractivity contribution in [2.75, 3.05) is 26.2 Å². The van der Waals surface area contributed by atoms with Gasteiger partial charge in [-0.25, -0.2) is 0 Å². The first kappa shape index (κ1) is 19.7. The second kappa shape index (κ2) is 8.73. The summed E-state index contributed by atoms with van der Waals surface area (Å²) in [5, 5.41) is 8.88. The topological polar surface area (TPSA) is 65.8 Å². The summed E-state index contributed by atoms with van der Waals surface area (Å²) in [6.07, 6.45) is 2.00. The van der Waals surface area contributed by atoms with Crippen molar-refractivity contribution in [2.24, 2.45) is 0 Å². The van der Waals surface area contributed by atoms with Crippen LogP contribution in [0.15, 0.2) is 24.3 Å². The SMILES string of the molecule is CC1CN(CC2CCCN2C(=O)C(C)Oc2ccc(C#N)cc2)CC(C)O1. The highest BCUT2D eigenvalue weighted by Gasteiger charge is 2.34. The van der Waals surface area contributed by atoms with Crippen LogP contribution in [0.1, 0.15) is 39.2 Å². The third-order valence-electron chi connectivity index (χ3n) is 5.27. The lowest BCUT2D eigenvalue weighted by Gasteiger charge is -2.38. The van der Waals surface area contributed by atoms with Crippen LogP contribution >= 0.6 is 0 Å². The molecule has 1 aromatic rings. The van der Waals surface area contributed by atoms with Crippen molar-refractivity contribution in [2.45, 2.75) is 58.0 Å². The van der Waals surface area contributed by atoms with Crippen LogP contribution in [-0.4, -0.2) is 66.2 Å². The number of hydrogen-bond donors (Lipinski definition) is 0. The summed E-state index contributed by atoms with van der Waals surface area (Å²) in [5.41, 5.74) is 0.579. The molecule has 1 amide bonds. The summed E-state index contributed by atoms with van der Waals surface area (Å²) in [4.78, 5) is 17.4. The lowest BCUT2D eigenvalue weighted by atomic mass is 10.1. The summed E-state index contributed by atoms with van der Waals surface area (Å²) in [5.74, 6) is 0.651. The molecule has 2 heterocycles.